The van der Waals surface area contributed by atoms with Crippen molar-refractivity contribution in [2.75, 3.05) is 13.2 Å². The molecule has 0 aromatic heterocycles. The molecule has 0 aliphatic heterocycles. The summed E-state index contributed by atoms with van der Waals surface area (Å²) >= 11 is 0. The normalized spacial score (nSPS) is 12.6. The van der Waals surface area contributed by atoms with E-state index in [-0.39, 0.29) is 18.5 Å². The number of aliphatic hydroxyl groups excluding tert-OH is 2. The van der Waals surface area contributed by atoms with E-state index in [0.717, 1.165) is 70.6 Å². The standard InChI is InChI=1S/C57H111NO5/c1-3-5-7-9-11-13-15-17-18-19-20-21-23-26-29-33-37-41-45-49-55(60)54(53-59)58-56(61)50-46-42-38-34-30-27-24-22-25-28-32-36-40-44-48-52-63-57(62)51-47-43-39-35-31-16-14-12-10-8-6-4-2/h25,28,54-55,59-60H,3-24,26-27,29-53H2,1-2H3,(H,58,61)/b28-25-. The van der Waals surface area contributed by atoms with Gasteiger partial charge in [-0.05, 0) is 51.4 Å². The predicted octanol–water partition coefficient (Wildman–Crippen LogP) is 17.3. The molecule has 0 rings (SSSR count). The summed E-state index contributed by atoms with van der Waals surface area (Å²) in [5.41, 5.74) is 0. The van der Waals surface area contributed by atoms with Gasteiger partial charge in [-0.1, -0.05) is 264 Å². The highest BCUT2D eigenvalue weighted by atomic mass is 16.5. The fourth-order valence-electron chi connectivity index (χ4n) is 8.93. The highest BCUT2D eigenvalue weighted by Crippen LogP contribution is 2.17. The third-order valence-corrected chi connectivity index (χ3v) is 13.3. The molecule has 0 aromatic carbocycles. The van der Waals surface area contributed by atoms with E-state index >= 15 is 0 Å². The van der Waals surface area contributed by atoms with Crippen molar-refractivity contribution < 1.29 is 24.5 Å². The molecule has 6 nitrogen and oxygen atoms in total. The topological polar surface area (TPSA) is 95.9 Å². The lowest BCUT2D eigenvalue weighted by Gasteiger charge is -2.22. The van der Waals surface area contributed by atoms with Crippen molar-refractivity contribution in [2.45, 2.75) is 328 Å². The molecule has 0 saturated heterocycles. The quantitative estimate of drug-likeness (QED) is 0.0321. The molecule has 0 spiro atoms. The van der Waals surface area contributed by atoms with Crippen molar-refractivity contribution in [3.05, 3.63) is 12.2 Å². The van der Waals surface area contributed by atoms with Gasteiger partial charge in [-0.2, -0.15) is 0 Å². The Morgan fingerprint density at radius 1 is 0.429 bits per heavy atom. The van der Waals surface area contributed by atoms with Crippen LogP contribution in [-0.2, 0) is 14.3 Å². The van der Waals surface area contributed by atoms with Gasteiger partial charge in [-0.3, -0.25) is 9.59 Å². The van der Waals surface area contributed by atoms with Crippen LogP contribution in [0.1, 0.15) is 316 Å². The van der Waals surface area contributed by atoms with Crippen LogP contribution in [0.5, 0.6) is 0 Å². The molecular weight excluding hydrogens is 779 g/mol. The van der Waals surface area contributed by atoms with Crippen LogP contribution >= 0.6 is 0 Å². The largest absolute Gasteiger partial charge is 0.466 e. The Bertz CT molecular complexity index is 939. The van der Waals surface area contributed by atoms with Gasteiger partial charge in [-0.15, -0.1) is 0 Å². The van der Waals surface area contributed by atoms with Crippen LogP contribution < -0.4 is 5.32 Å². The number of rotatable bonds is 53. The van der Waals surface area contributed by atoms with E-state index < -0.39 is 12.1 Å². The van der Waals surface area contributed by atoms with E-state index in [0.29, 0.717) is 25.9 Å². The molecule has 2 atom stereocenters. The maximum Gasteiger partial charge on any atom is 0.305 e. The van der Waals surface area contributed by atoms with Gasteiger partial charge < -0.3 is 20.3 Å². The van der Waals surface area contributed by atoms with Gasteiger partial charge in [0.1, 0.15) is 0 Å². The first-order valence-corrected chi connectivity index (χ1v) is 28.4. The minimum atomic E-state index is -0.674. The molecular formula is C57H111NO5. The average Bonchev–Trinajstić information content (AvgIpc) is 3.28. The van der Waals surface area contributed by atoms with Gasteiger partial charge in [0.2, 0.25) is 5.91 Å². The van der Waals surface area contributed by atoms with Crippen LogP contribution in [0.15, 0.2) is 12.2 Å². The summed E-state index contributed by atoms with van der Waals surface area (Å²) in [7, 11) is 0. The number of aliphatic hydroxyl groups is 2. The van der Waals surface area contributed by atoms with E-state index in [1.54, 1.807) is 0 Å². The molecule has 0 bridgehead atoms. The Kier molecular flexibility index (Phi) is 52.0. The second-order valence-electron chi connectivity index (χ2n) is 19.6. The second kappa shape index (κ2) is 53.2. The van der Waals surface area contributed by atoms with Crippen molar-refractivity contribution in [3.63, 3.8) is 0 Å². The third-order valence-electron chi connectivity index (χ3n) is 13.3. The first-order chi connectivity index (χ1) is 31.0. The average molecular weight is 891 g/mol. The molecule has 0 saturated carbocycles. The number of carbonyl (C=O) groups is 2. The van der Waals surface area contributed by atoms with E-state index in [4.69, 9.17) is 4.74 Å². The Balaban J connectivity index is 3.47. The minimum absolute atomic E-state index is 0.00869. The lowest BCUT2D eigenvalue weighted by molar-refractivity contribution is -0.143. The Hall–Kier alpha value is -1.40. The number of hydrogen-bond acceptors (Lipinski definition) is 5. The second-order valence-corrected chi connectivity index (χ2v) is 19.6. The summed E-state index contributed by atoms with van der Waals surface area (Å²) in [6, 6.07) is -0.552. The van der Waals surface area contributed by atoms with Gasteiger partial charge in [0.15, 0.2) is 0 Å². The summed E-state index contributed by atoms with van der Waals surface area (Å²) in [5.74, 6) is -0.0559. The lowest BCUT2D eigenvalue weighted by atomic mass is 10.0. The Labute approximate surface area is 393 Å². The SMILES string of the molecule is CCCCCCCCCCCCCCCCCCCCCC(O)C(CO)NC(=O)CCCCCCCCC/C=C\CCCCCCOC(=O)CCCCCCCCCCCCCC. The Morgan fingerprint density at radius 3 is 1.13 bits per heavy atom. The van der Waals surface area contributed by atoms with Crippen molar-refractivity contribution in [1.29, 1.82) is 0 Å². The first-order valence-electron chi connectivity index (χ1n) is 28.4. The molecule has 3 N–H and O–H groups in total. The number of carbonyl (C=O) groups excluding carboxylic acids is 2. The summed E-state index contributed by atoms with van der Waals surface area (Å²) < 4.78 is 5.45. The summed E-state index contributed by atoms with van der Waals surface area (Å²) in [6.45, 7) is 4.94. The predicted molar refractivity (Wildman–Crippen MR) is 273 cm³/mol. The van der Waals surface area contributed by atoms with Gasteiger partial charge in [-0.25, -0.2) is 0 Å². The van der Waals surface area contributed by atoms with Crippen molar-refractivity contribution >= 4 is 11.9 Å². The monoisotopic (exact) mass is 890 g/mol. The van der Waals surface area contributed by atoms with Crippen molar-refractivity contribution in [3.8, 4) is 0 Å². The molecule has 2 unspecified atom stereocenters. The van der Waals surface area contributed by atoms with Crippen LogP contribution in [0.4, 0.5) is 0 Å². The first kappa shape index (κ1) is 61.6. The molecule has 0 radical (unpaired) electrons. The highest BCUT2D eigenvalue weighted by molar-refractivity contribution is 5.76. The summed E-state index contributed by atoms with van der Waals surface area (Å²) in [5, 5.41) is 23.3. The number of unbranched alkanes of at least 4 members (excludes halogenated alkanes) is 40. The molecule has 0 aliphatic rings. The van der Waals surface area contributed by atoms with Crippen LogP contribution in [0, 0.1) is 0 Å². The van der Waals surface area contributed by atoms with E-state index in [1.165, 1.54) is 212 Å². The van der Waals surface area contributed by atoms with Crippen LogP contribution in [0.3, 0.4) is 0 Å². The molecule has 0 aromatic rings. The zero-order valence-corrected chi connectivity index (χ0v) is 42.6. The number of amides is 1. The van der Waals surface area contributed by atoms with E-state index in [9.17, 15) is 19.8 Å². The van der Waals surface area contributed by atoms with Crippen LogP contribution in [0.2, 0.25) is 0 Å². The smallest absolute Gasteiger partial charge is 0.305 e. The van der Waals surface area contributed by atoms with Gasteiger partial charge in [0.05, 0.1) is 25.4 Å². The number of hydrogen-bond donors (Lipinski definition) is 3. The molecule has 374 valence electrons. The fourth-order valence-corrected chi connectivity index (χ4v) is 8.93. The van der Waals surface area contributed by atoms with Crippen LogP contribution in [0.25, 0.3) is 0 Å². The summed E-state index contributed by atoms with van der Waals surface area (Å²) in [4.78, 5) is 24.5. The zero-order chi connectivity index (χ0) is 45.8. The number of esters is 1. The summed E-state index contributed by atoms with van der Waals surface area (Å²) in [6.07, 6.45) is 61.9. The number of nitrogens with one attached hydrogen (secondary N) is 1. The van der Waals surface area contributed by atoms with E-state index in [2.05, 4.69) is 31.3 Å². The molecule has 1 amide bonds. The molecule has 63 heavy (non-hydrogen) atoms. The fraction of sp³-hybridized carbons (Fsp3) is 0.930. The lowest BCUT2D eigenvalue weighted by Crippen LogP contribution is -2.45. The zero-order valence-electron chi connectivity index (χ0n) is 42.6. The maximum absolute atomic E-state index is 12.5. The molecule has 0 aliphatic carbocycles. The van der Waals surface area contributed by atoms with Gasteiger partial charge in [0, 0.05) is 12.8 Å². The molecule has 6 heteroatoms. The highest BCUT2D eigenvalue weighted by Gasteiger charge is 2.20. The Morgan fingerprint density at radius 2 is 0.746 bits per heavy atom. The van der Waals surface area contributed by atoms with Crippen LogP contribution in [-0.4, -0.2) is 47.4 Å². The van der Waals surface area contributed by atoms with Gasteiger partial charge in [0.25, 0.3) is 0 Å². The minimum Gasteiger partial charge on any atom is -0.466 e. The molecule has 0 fully saturated rings. The third kappa shape index (κ3) is 49.9. The maximum atomic E-state index is 12.5. The number of ether oxygens (including phenoxy) is 1. The van der Waals surface area contributed by atoms with Crippen molar-refractivity contribution in [2.24, 2.45) is 0 Å². The van der Waals surface area contributed by atoms with Crippen molar-refractivity contribution in [1.82, 2.24) is 5.32 Å². The van der Waals surface area contributed by atoms with E-state index in [1.807, 2.05) is 0 Å². The molecule has 0 heterocycles. The number of allylic oxidation sites excluding steroid dienone is 2. The van der Waals surface area contributed by atoms with Gasteiger partial charge >= 0.3 is 5.97 Å².